The highest BCUT2D eigenvalue weighted by Gasteiger charge is 2.30. The second-order valence-corrected chi connectivity index (χ2v) is 8.47. The lowest BCUT2D eigenvalue weighted by molar-refractivity contribution is -0.137. The molecule has 0 aliphatic carbocycles. The van der Waals surface area contributed by atoms with Gasteiger partial charge in [0, 0.05) is 17.7 Å². The van der Waals surface area contributed by atoms with Gasteiger partial charge in [0.1, 0.15) is 5.75 Å². The lowest BCUT2D eigenvalue weighted by atomic mass is 9.96. The van der Waals surface area contributed by atoms with E-state index in [4.69, 9.17) is 4.74 Å². The highest BCUT2D eigenvalue weighted by molar-refractivity contribution is 5.94. The normalized spacial score (nSPS) is 11.2. The first-order valence-corrected chi connectivity index (χ1v) is 11.7. The number of unbranched alkanes of at least 4 members (excludes halogenated alkanes) is 2. The number of carbonyl (C=O) groups is 2. The molecular weight excluding hydrogens is 471 g/mol. The smallest absolute Gasteiger partial charge is 0.416 e. The number of nitrogens with one attached hydrogen (secondary N) is 1. The minimum absolute atomic E-state index is 0.100. The highest BCUT2D eigenvalue weighted by Crippen LogP contribution is 2.31. The Labute approximate surface area is 207 Å². The number of amides is 1. The molecule has 0 unspecified atom stereocenters. The van der Waals surface area contributed by atoms with E-state index >= 15 is 0 Å². The SMILES string of the molecule is CCCCCOc1ccc(-c2ccc(C(=O)O)cc2C)cc1CNC(=O)c1ccc(C(F)(F)F)cc1. The predicted octanol–water partition coefficient (Wildman–Crippen LogP) is 6.88. The molecule has 0 spiro atoms. The molecule has 0 saturated carbocycles. The number of carboxylic acids is 1. The van der Waals surface area contributed by atoms with Crippen molar-refractivity contribution in [3.8, 4) is 16.9 Å². The molecule has 0 radical (unpaired) electrons. The van der Waals surface area contributed by atoms with Crippen LogP contribution < -0.4 is 10.1 Å². The number of carboxylic acid groups (broad SMARTS) is 1. The summed E-state index contributed by atoms with van der Waals surface area (Å²) in [4.78, 5) is 23.9. The van der Waals surface area contributed by atoms with Crippen molar-refractivity contribution in [2.24, 2.45) is 0 Å². The van der Waals surface area contributed by atoms with Crippen molar-refractivity contribution < 1.29 is 32.6 Å². The van der Waals surface area contributed by atoms with E-state index in [2.05, 4.69) is 12.2 Å². The molecule has 0 bridgehead atoms. The Morgan fingerprint density at radius 2 is 1.64 bits per heavy atom. The molecular formula is C28H28F3NO4. The Balaban J connectivity index is 1.83. The fourth-order valence-corrected chi connectivity index (χ4v) is 3.77. The number of ether oxygens (including phenoxy) is 1. The third kappa shape index (κ3) is 6.87. The largest absolute Gasteiger partial charge is 0.493 e. The van der Waals surface area contributed by atoms with Crippen LogP contribution in [0.2, 0.25) is 0 Å². The van der Waals surface area contributed by atoms with Gasteiger partial charge >= 0.3 is 12.1 Å². The van der Waals surface area contributed by atoms with Gasteiger partial charge in [-0.1, -0.05) is 31.9 Å². The molecule has 0 heterocycles. The Kier molecular flexibility index (Phi) is 8.74. The zero-order chi connectivity index (χ0) is 26.3. The van der Waals surface area contributed by atoms with Crippen molar-refractivity contribution in [3.63, 3.8) is 0 Å². The first kappa shape index (κ1) is 26.8. The number of hydrogen-bond acceptors (Lipinski definition) is 3. The second-order valence-electron chi connectivity index (χ2n) is 8.47. The van der Waals surface area contributed by atoms with Gasteiger partial charge in [-0.25, -0.2) is 4.79 Å². The summed E-state index contributed by atoms with van der Waals surface area (Å²) in [7, 11) is 0. The summed E-state index contributed by atoms with van der Waals surface area (Å²) >= 11 is 0. The summed E-state index contributed by atoms with van der Waals surface area (Å²) in [5.74, 6) is -0.914. The molecule has 0 aromatic heterocycles. The standard InChI is InChI=1S/C28H28F3NO4/c1-3-4-5-14-36-25-13-9-20(24-12-8-21(27(34)35)15-18(24)2)16-22(25)17-32-26(33)19-6-10-23(11-7-19)28(29,30)31/h6-13,15-16H,3-5,14,17H2,1-2H3,(H,32,33)(H,34,35). The zero-order valence-corrected chi connectivity index (χ0v) is 20.1. The quantitative estimate of drug-likeness (QED) is 0.298. The minimum atomic E-state index is -4.47. The van der Waals surface area contributed by atoms with Gasteiger partial charge in [0.15, 0.2) is 0 Å². The predicted molar refractivity (Wildman–Crippen MR) is 131 cm³/mol. The zero-order valence-electron chi connectivity index (χ0n) is 20.1. The summed E-state index contributed by atoms with van der Waals surface area (Å²) in [6, 6.07) is 14.5. The van der Waals surface area contributed by atoms with E-state index in [1.807, 2.05) is 25.1 Å². The summed E-state index contributed by atoms with van der Waals surface area (Å²) in [5.41, 5.74) is 2.63. The number of hydrogen-bond donors (Lipinski definition) is 2. The lowest BCUT2D eigenvalue weighted by Gasteiger charge is -2.15. The summed E-state index contributed by atoms with van der Waals surface area (Å²) < 4.78 is 44.4. The molecule has 0 aliphatic rings. The van der Waals surface area contributed by atoms with Crippen LogP contribution in [0, 0.1) is 6.92 Å². The fraction of sp³-hybridized carbons (Fsp3) is 0.286. The summed E-state index contributed by atoms with van der Waals surface area (Å²) in [5, 5.41) is 12.0. The van der Waals surface area contributed by atoms with Crippen molar-refractivity contribution in [3.05, 3.63) is 88.5 Å². The highest BCUT2D eigenvalue weighted by atomic mass is 19.4. The Hall–Kier alpha value is -3.81. The first-order valence-electron chi connectivity index (χ1n) is 11.7. The summed E-state index contributed by atoms with van der Waals surface area (Å²) in [6.07, 6.45) is -1.53. The lowest BCUT2D eigenvalue weighted by Crippen LogP contribution is -2.23. The van der Waals surface area contributed by atoms with E-state index in [0.29, 0.717) is 17.9 Å². The van der Waals surface area contributed by atoms with Crippen molar-refractivity contribution in [1.29, 1.82) is 0 Å². The number of halogens is 3. The second kappa shape index (κ2) is 11.7. The molecule has 5 nitrogen and oxygen atoms in total. The molecule has 0 aliphatic heterocycles. The van der Waals surface area contributed by atoms with Gasteiger partial charge in [0.05, 0.1) is 17.7 Å². The number of aromatic carboxylic acids is 1. The van der Waals surface area contributed by atoms with Gasteiger partial charge in [0.25, 0.3) is 5.91 Å². The minimum Gasteiger partial charge on any atom is -0.493 e. The van der Waals surface area contributed by atoms with Gasteiger partial charge in [-0.3, -0.25) is 4.79 Å². The Morgan fingerprint density at radius 3 is 2.25 bits per heavy atom. The average molecular weight is 500 g/mol. The molecule has 190 valence electrons. The van der Waals surface area contributed by atoms with Crippen LogP contribution in [-0.2, 0) is 12.7 Å². The maximum atomic E-state index is 12.8. The van der Waals surface area contributed by atoms with Gasteiger partial charge in [0.2, 0.25) is 0 Å². The van der Waals surface area contributed by atoms with Crippen LogP contribution in [0.15, 0.2) is 60.7 Å². The molecule has 8 heteroatoms. The van der Waals surface area contributed by atoms with Crippen LogP contribution >= 0.6 is 0 Å². The van der Waals surface area contributed by atoms with Crippen molar-refractivity contribution in [2.45, 2.75) is 45.8 Å². The van der Waals surface area contributed by atoms with Crippen molar-refractivity contribution in [1.82, 2.24) is 5.32 Å². The third-order valence-electron chi connectivity index (χ3n) is 5.76. The maximum absolute atomic E-state index is 12.8. The molecule has 0 fully saturated rings. The molecule has 0 saturated heterocycles. The van der Waals surface area contributed by atoms with E-state index in [9.17, 15) is 27.9 Å². The summed E-state index contributed by atoms with van der Waals surface area (Å²) in [6.45, 7) is 4.53. The van der Waals surface area contributed by atoms with E-state index in [0.717, 1.165) is 60.2 Å². The van der Waals surface area contributed by atoms with Crippen LogP contribution in [0.1, 0.15) is 63.6 Å². The average Bonchev–Trinajstić information content (AvgIpc) is 2.85. The van der Waals surface area contributed by atoms with Gasteiger partial charge in [-0.15, -0.1) is 0 Å². The third-order valence-corrected chi connectivity index (χ3v) is 5.76. The molecule has 3 rings (SSSR count). The van der Waals surface area contributed by atoms with Gasteiger partial charge in [-0.2, -0.15) is 13.2 Å². The van der Waals surface area contributed by atoms with Crippen molar-refractivity contribution >= 4 is 11.9 Å². The molecule has 3 aromatic carbocycles. The number of aryl methyl sites for hydroxylation is 1. The molecule has 2 N–H and O–H groups in total. The van der Waals surface area contributed by atoms with E-state index in [1.165, 1.54) is 6.07 Å². The number of benzene rings is 3. The van der Waals surface area contributed by atoms with Crippen LogP contribution in [0.3, 0.4) is 0 Å². The molecule has 3 aromatic rings. The van der Waals surface area contributed by atoms with Crippen molar-refractivity contribution in [2.75, 3.05) is 6.61 Å². The van der Waals surface area contributed by atoms with E-state index in [-0.39, 0.29) is 17.7 Å². The fourth-order valence-electron chi connectivity index (χ4n) is 3.77. The number of rotatable bonds is 10. The van der Waals surface area contributed by atoms with E-state index < -0.39 is 23.6 Å². The number of carbonyl (C=O) groups excluding carboxylic acids is 1. The Morgan fingerprint density at radius 1 is 0.944 bits per heavy atom. The van der Waals surface area contributed by atoms with Gasteiger partial charge < -0.3 is 15.2 Å². The Bertz CT molecular complexity index is 1220. The van der Waals surface area contributed by atoms with Crippen LogP contribution in [0.25, 0.3) is 11.1 Å². The monoisotopic (exact) mass is 499 g/mol. The molecule has 1 amide bonds. The van der Waals surface area contributed by atoms with Crippen LogP contribution in [0.5, 0.6) is 5.75 Å². The van der Waals surface area contributed by atoms with Crippen LogP contribution in [0.4, 0.5) is 13.2 Å². The van der Waals surface area contributed by atoms with Gasteiger partial charge in [-0.05, 0) is 78.6 Å². The van der Waals surface area contributed by atoms with Crippen LogP contribution in [-0.4, -0.2) is 23.6 Å². The number of alkyl halides is 3. The molecule has 36 heavy (non-hydrogen) atoms. The maximum Gasteiger partial charge on any atom is 0.416 e. The van der Waals surface area contributed by atoms with E-state index in [1.54, 1.807) is 12.1 Å². The molecule has 0 atom stereocenters. The topological polar surface area (TPSA) is 75.6 Å². The first-order chi connectivity index (χ1) is 17.1.